The van der Waals surface area contributed by atoms with Crippen LogP contribution in [0.4, 0.5) is 5.69 Å². The molecule has 3 nitrogen and oxygen atoms in total. The summed E-state index contributed by atoms with van der Waals surface area (Å²) in [5.74, 6) is 0.415. The molecule has 2 aromatic rings. The van der Waals surface area contributed by atoms with Crippen LogP contribution in [-0.2, 0) is 4.79 Å². The Bertz CT molecular complexity index is 866. The lowest BCUT2D eigenvalue weighted by Gasteiger charge is -2.17. The number of aryl methyl sites for hydroxylation is 2. The van der Waals surface area contributed by atoms with E-state index >= 15 is 0 Å². The summed E-state index contributed by atoms with van der Waals surface area (Å²) in [6, 6.07) is 16.2. The molecule has 2 aromatic carbocycles. The van der Waals surface area contributed by atoms with Gasteiger partial charge in [-0.05, 0) is 60.9 Å². The molecule has 4 heteroatoms. The van der Waals surface area contributed by atoms with Crippen molar-refractivity contribution in [2.45, 2.75) is 27.7 Å². The number of hydrogen-bond donors (Lipinski definition) is 0. The zero-order valence-corrected chi connectivity index (χ0v) is 16.5. The molecule has 1 aliphatic rings. The van der Waals surface area contributed by atoms with Gasteiger partial charge in [-0.1, -0.05) is 55.8 Å². The van der Waals surface area contributed by atoms with Gasteiger partial charge in [0.2, 0.25) is 0 Å². The van der Waals surface area contributed by atoms with Crippen LogP contribution in [0.5, 0.6) is 0 Å². The molecule has 0 aliphatic carbocycles. The second-order valence-corrected chi connectivity index (χ2v) is 8.02. The van der Waals surface area contributed by atoms with Crippen LogP contribution in [0.2, 0.25) is 0 Å². The predicted octanol–water partition coefficient (Wildman–Crippen LogP) is 5.56. The van der Waals surface area contributed by atoms with E-state index in [2.05, 4.69) is 33.8 Å². The van der Waals surface area contributed by atoms with Gasteiger partial charge in [0.15, 0.2) is 5.17 Å². The minimum atomic E-state index is 0.0396. The normalized spacial score (nSPS) is 17.7. The summed E-state index contributed by atoms with van der Waals surface area (Å²) in [6.45, 7) is 9.01. The largest absolute Gasteiger partial charge is 0.286 e. The average Bonchev–Trinajstić information content (AvgIpc) is 2.87. The molecule has 0 bridgehead atoms. The molecular weight excluding hydrogens is 340 g/mol. The van der Waals surface area contributed by atoms with Crippen molar-refractivity contribution in [3.63, 3.8) is 0 Å². The van der Waals surface area contributed by atoms with Crippen LogP contribution in [0.15, 0.2) is 58.4 Å². The van der Waals surface area contributed by atoms with Crippen LogP contribution in [0.25, 0.3) is 6.08 Å². The summed E-state index contributed by atoms with van der Waals surface area (Å²) in [6.07, 6.45) is 1.98. The van der Waals surface area contributed by atoms with Gasteiger partial charge in [-0.15, -0.1) is 0 Å². The molecule has 0 atom stereocenters. The predicted molar refractivity (Wildman–Crippen MR) is 112 cm³/mol. The fraction of sp³-hybridized carbons (Fsp3) is 0.273. The molecule has 1 aliphatic heterocycles. The summed E-state index contributed by atoms with van der Waals surface area (Å²) in [7, 11) is 0. The van der Waals surface area contributed by atoms with Crippen molar-refractivity contribution in [2.24, 2.45) is 10.9 Å². The summed E-state index contributed by atoms with van der Waals surface area (Å²) >= 11 is 1.46. The van der Waals surface area contributed by atoms with Crippen molar-refractivity contribution >= 4 is 34.6 Å². The summed E-state index contributed by atoms with van der Waals surface area (Å²) in [4.78, 5) is 20.2. The first-order valence-corrected chi connectivity index (χ1v) is 9.68. The van der Waals surface area contributed by atoms with Gasteiger partial charge in [-0.3, -0.25) is 9.69 Å². The number of carbonyl (C=O) groups is 1. The van der Waals surface area contributed by atoms with Crippen molar-refractivity contribution in [1.29, 1.82) is 0 Å². The van der Waals surface area contributed by atoms with Crippen molar-refractivity contribution < 1.29 is 4.79 Å². The smallest absolute Gasteiger partial charge is 0.266 e. The second-order valence-electron chi connectivity index (χ2n) is 7.01. The standard InChI is InChI=1S/C22H24N2OS/c1-15(2)14-24-21(25)20(13-18-8-6-5-7-17(18)4)26-22(24)23-19-11-9-16(3)10-12-19/h5-13,15H,14H2,1-4H3/b20-13+,23-22?. The number of hydrogen-bond acceptors (Lipinski definition) is 3. The first-order chi connectivity index (χ1) is 12.4. The van der Waals surface area contributed by atoms with Crippen molar-refractivity contribution in [2.75, 3.05) is 6.54 Å². The molecule has 0 saturated carbocycles. The van der Waals surface area contributed by atoms with E-state index in [4.69, 9.17) is 4.99 Å². The number of amidine groups is 1. The third-order valence-electron chi connectivity index (χ3n) is 4.17. The van der Waals surface area contributed by atoms with E-state index in [0.29, 0.717) is 12.5 Å². The van der Waals surface area contributed by atoms with Crippen LogP contribution < -0.4 is 0 Å². The van der Waals surface area contributed by atoms with Gasteiger partial charge in [-0.25, -0.2) is 4.99 Å². The molecule has 3 rings (SSSR count). The van der Waals surface area contributed by atoms with Crippen LogP contribution in [-0.4, -0.2) is 22.5 Å². The fourth-order valence-corrected chi connectivity index (χ4v) is 3.74. The number of amides is 1. The fourth-order valence-electron chi connectivity index (χ4n) is 2.74. The van der Waals surface area contributed by atoms with E-state index in [1.54, 1.807) is 4.90 Å². The molecule has 1 fully saturated rings. The molecule has 26 heavy (non-hydrogen) atoms. The molecule has 1 heterocycles. The Hall–Kier alpha value is -2.33. The number of thioether (sulfide) groups is 1. The molecule has 134 valence electrons. The third kappa shape index (κ3) is 4.25. The van der Waals surface area contributed by atoms with Gasteiger partial charge in [0, 0.05) is 6.54 Å². The average molecular weight is 365 g/mol. The summed E-state index contributed by atoms with van der Waals surface area (Å²) in [5.41, 5.74) is 4.30. The highest BCUT2D eigenvalue weighted by Crippen LogP contribution is 2.35. The molecule has 1 saturated heterocycles. The minimum absolute atomic E-state index is 0.0396. The molecular formula is C22H24N2OS. The van der Waals surface area contributed by atoms with Crippen LogP contribution in [0, 0.1) is 19.8 Å². The van der Waals surface area contributed by atoms with E-state index in [1.165, 1.54) is 17.3 Å². The highest BCUT2D eigenvalue weighted by molar-refractivity contribution is 8.18. The highest BCUT2D eigenvalue weighted by atomic mass is 32.2. The molecule has 0 aromatic heterocycles. The highest BCUT2D eigenvalue weighted by Gasteiger charge is 2.33. The lowest BCUT2D eigenvalue weighted by Crippen LogP contribution is -2.32. The Morgan fingerprint density at radius 2 is 1.77 bits per heavy atom. The molecule has 1 amide bonds. The van der Waals surface area contributed by atoms with Gasteiger partial charge in [0.1, 0.15) is 0 Å². The van der Waals surface area contributed by atoms with Crippen molar-refractivity contribution in [3.05, 3.63) is 70.1 Å². The van der Waals surface area contributed by atoms with E-state index in [1.807, 2.05) is 48.5 Å². The third-order valence-corrected chi connectivity index (χ3v) is 5.18. The quantitative estimate of drug-likeness (QED) is 0.665. The van der Waals surface area contributed by atoms with Gasteiger partial charge in [-0.2, -0.15) is 0 Å². The second kappa shape index (κ2) is 7.92. The van der Waals surface area contributed by atoms with Gasteiger partial charge < -0.3 is 0 Å². The number of nitrogens with zero attached hydrogens (tertiary/aromatic N) is 2. The van der Waals surface area contributed by atoms with Gasteiger partial charge >= 0.3 is 0 Å². The summed E-state index contributed by atoms with van der Waals surface area (Å²) in [5, 5.41) is 0.757. The molecule has 0 unspecified atom stereocenters. The lowest BCUT2D eigenvalue weighted by molar-refractivity contribution is -0.122. The number of rotatable bonds is 4. The summed E-state index contributed by atoms with van der Waals surface area (Å²) < 4.78 is 0. The minimum Gasteiger partial charge on any atom is -0.286 e. The number of aliphatic imine (C=N–C) groups is 1. The molecule has 0 radical (unpaired) electrons. The zero-order valence-electron chi connectivity index (χ0n) is 15.7. The SMILES string of the molecule is Cc1ccc(N=C2S/C(=C/c3ccccc3C)C(=O)N2CC(C)C)cc1. The number of carbonyl (C=O) groups excluding carboxylic acids is 1. The van der Waals surface area contributed by atoms with E-state index in [0.717, 1.165) is 26.9 Å². The Balaban J connectivity index is 1.97. The maximum atomic E-state index is 13.0. The first kappa shape index (κ1) is 18.5. The van der Waals surface area contributed by atoms with Crippen LogP contribution in [0.1, 0.15) is 30.5 Å². The Labute approximate surface area is 159 Å². The molecule has 0 N–H and O–H groups in total. The maximum absolute atomic E-state index is 13.0. The lowest BCUT2D eigenvalue weighted by atomic mass is 10.1. The Morgan fingerprint density at radius 1 is 1.08 bits per heavy atom. The first-order valence-electron chi connectivity index (χ1n) is 8.86. The van der Waals surface area contributed by atoms with Gasteiger partial charge in [0.25, 0.3) is 5.91 Å². The zero-order chi connectivity index (χ0) is 18.7. The van der Waals surface area contributed by atoms with Gasteiger partial charge in [0.05, 0.1) is 10.6 Å². The van der Waals surface area contributed by atoms with E-state index < -0.39 is 0 Å². The van der Waals surface area contributed by atoms with E-state index in [9.17, 15) is 4.79 Å². The molecule has 0 spiro atoms. The monoisotopic (exact) mass is 364 g/mol. The van der Waals surface area contributed by atoms with Crippen LogP contribution in [0.3, 0.4) is 0 Å². The topological polar surface area (TPSA) is 32.7 Å². The van der Waals surface area contributed by atoms with Crippen molar-refractivity contribution in [3.8, 4) is 0 Å². The Kier molecular flexibility index (Phi) is 5.62. The van der Waals surface area contributed by atoms with E-state index in [-0.39, 0.29) is 5.91 Å². The van der Waals surface area contributed by atoms with Crippen molar-refractivity contribution in [1.82, 2.24) is 4.90 Å². The number of benzene rings is 2. The maximum Gasteiger partial charge on any atom is 0.266 e. The van der Waals surface area contributed by atoms with Crippen LogP contribution >= 0.6 is 11.8 Å². The Morgan fingerprint density at radius 3 is 2.42 bits per heavy atom.